The number of hydrogen-bond acceptors (Lipinski definition) is 1. The molecule has 3 aromatic rings. The minimum atomic E-state index is -5.26. The average Bonchev–Trinajstić information content (AvgIpc) is 2.85. The van der Waals surface area contributed by atoms with Gasteiger partial charge in [-0.3, -0.25) is 0 Å². The van der Waals surface area contributed by atoms with Crippen molar-refractivity contribution >= 4 is 10.8 Å². The van der Waals surface area contributed by atoms with Gasteiger partial charge in [0.2, 0.25) is 0 Å². The predicted molar refractivity (Wildman–Crippen MR) is 100 cm³/mol. The smallest absolute Gasteiger partial charge is 0.310 e. The summed E-state index contributed by atoms with van der Waals surface area (Å²) in [4.78, 5) is 0. The van der Waals surface area contributed by atoms with Gasteiger partial charge in [0.15, 0.2) is 0 Å². The van der Waals surface area contributed by atoms with E-state index in [4.69, 9.17) is 21.9 Å². The number of hydrogen-bond donors (Lipinski definition) is 1. The van der Waals surface area contributed by atoms with Crippen LogP contribution in [0.15, 0.2) is 66.5 Å². The molecule has 0 saturated carbocycles. The van der Waals surface area contributed by atoms with Crippen LogP contribution in [0.4, 0.5) is 13.2 Å². The van der Waals surface area contributed by atoms with E-state index in [1.807, 2.05) is 0 Å². The first-order valence-electron chi connectivity index (χ1n) is 15.3. The highest BCUT2D eigenvalue weighted by molar-refractivity contribution is 5.86. The van der Waals surface area contributed by atoms with Crippen molar-refractivity contribution in [2.24, 2.45) is 0 Å². The fourth-order valence-corrected chi connectivity index (χ4v) is 2.12. The van der Waals surface area contributed by atoms with Crippen molar-refractivity contribution in [2.75, 3.05) is 6.54 Å². The zero-order valence-corrected chi connectivity index (χ0v) is 13.1. The normalized spacial score (nSPS) is 22.9. The lowest BCUT2D eigenvalue weighted by atomic mass is 9.99. The maximum absolute atomic E-state index is 13.5. The fourth-order valence-electron chi connectivity index (χ4n) is 2.12. The number of rotatable bonds is 6. The highest BCUT2D eigenvalue weighted by atomic mass is 19.4. The van der Waals surface area contributed by atoms with E-state index in [2.05, 4.69) is 5.32 Å². The van der Waals surface area contributed by atoms with Gasteiger partial charge in [0, 0.05) is 12.9 Å². The van der Waals surface area contributed by atoms with E-state index in [0.717, 1.165) is 0 Å². The van der Waals surface area contributed by atoms with Crippen LogP contribution in [-0.4, -0.2) is 6.54 Å². The third-order valence-electron chi connectivity index (χ3n) is 3.32. The molecule has 26 heavy (non-hydrogen) atoms. The second-order valence-electron chi connectivity index (χ2n) is 5.13. The Balaban J connectivity index is 2.17. The Morgan fingerprint density at radius 3 is 2.65 bits per heavy atom. The SMILES string of the molecule is [2H]c1c([2H])c(CC([2H])([2H])CN[C@@H](c2c([2H])c([2H])c([2H])c3c([2H])c([2H])c([2H])c([2H])c23)C([2H])([2H])[2H])c([2H])c(C(F)(F)F)c1[2H]. The molecule has 1 nitrogen and oxygen atoms in total. The predicted octanol–water partition coefficient (Wildman–Crippen LogP) is 6.14. The van der Waals surface area contributed by atoms with Crippen LogP contribution in [-0.2, 0) is 12.6 Å². The zero-order valence-electron chi connectivity index (χ0n) is 29.1. The summed E-state index contributed by atoms with van der Waals surface area (Å²) in [6.45, 7) is -4.16. The summed E-state index contributed by atoms with van der Waals surface area (Å²) >= 11 is 0. The highest BCUT2D eigenvalue weighted by Gasteiger charge is 2.30. The van der Waals surface area contributed by atoms with Crippen molar-refractivity contribution in [3.8, 4) is 0 Å². The molecule has 0 aliphatic carbocycles. The summed E-state index contributed by atoms with van der Waals surface area (Å²) in [6, 6.07) is -12.7. The van der Waals surface area contributed by atoms with Gasteiger partial charge in [0.1, 0.15) is 0 Å². The van der Waals surface area contributed by atoms with E-state index in [1.165, 1.54) is 0 Å². The molecule has 1 atom stereocenters. The maximum Gasteiger partial charge on any atom is 0.416 e. The molecule has 0 bridgehead atoms. The Morgan fingerprint density at radius 1 is 1.08 bits per heavy atom. The molecular formula is C22H22F3N. The number of fused-ring (bicyclic) bond motifs is 1. The maximum atomic E-state index is 13.5. The molecule has 1 N–H and O–H groups in total. The molecule has 0 fully saturated rings. The Bertz CT molecular complexity index is 1570. The van der Waals surface area contributed by atoms with Crippen LogP contribution >= 0.6 is 0 Å². The summed E-state index contributed by atoms with van der Waals surface area (Å²) in [5.41, 5.74) is -3.34. The quantitative estimate of drug-likeness (QED) is 0.547. The molecule has 136 valence electrons. The van der Waals surface area contributed by atoms with Crippen LogP contribution in [0.5, 0.6) is 0 Å². The molecule has 0 unspecified atom stereocenters. The first-order valence-corrected chi connectivity index (χ1v) is 7.35. The van der Waals surface area contributed by atoms with Crippen molar-refractivity contribution in [3.05, 3.63) is 83.2 Å². The molecule has 0 saturated heterocycles. The van der Waals surface area contributed by atoms with E-state index in [-0.39, 0.29) is 0 Å². The van der Waals surface area contributed by atoms with Crippen molar-refractivity contribution in [3.63, 3.8) is 0 Å². The van der Waals surface area contributed by atoms with Crippen LogP contribution < -0.4 is 5.32 Å². The van der Waals surface area contributed by atoms with Crippen LogP contribution in [0, 0.1) is 0 Å². The lowest BCUT2D eigenvalue weighted by Gasteiger charge is -2.17. The van der Waals surface area contributed by atoms with Crippen molar-refractivity contribution < 1.29 is 35.1 Å². The molecule has 0 aromatic heterocycles. The Hall–Kier alpha value is -2.33. The van der Waals surface area contributed by atoms with Gasteiger partial charge in [-0.1, -0.05) is 60.4 Å². The number of halogens is 3. The molecule has 0 spiro atoms. The first-order chi connectivity index (χ1) is 19.0. The van der Waals surface area contributed by atoms with E-state index in [1.54, 1.807) is 0 Å². The summed E-state index contributed by atoms with van der Waals surface area (Å²) in [5, 5.41) is 1.24. The summed E-state index contributed by atoms with van der Waals surface area (Å²) in [6.07, 6.45) is -9.05. The molecule has 0 radical (unpaired) electrons. The van der Waals surface area contributed by atoms with Gasteiger partial charge >= 0.3 is 6.18 Å². The second-order valence-corrected chi connectivity index (χ2v) is 5.13. The molecule has 0 aliphatic rings. The van der Waals surface area contributed by atoms with Gasteiger partial charge in [0.05, 0.1) is 20.6 Å². The Labute approximate surface area is 174 Å². The van der Waals surface area contributed by atoms with Gasteiger partial charge in [-0.25, -0.2) is 0 Å². The minimum Gasteiger partial charge on any atom is -0.310 e. The molecule has 0 aliphatic heterocycles. The third kappa shape index (κ3) is 4.44. The number of alkyl halides is 3. The van der Waals surface area contributed by atoms with Gasteiger partial charge < -0.3 is 5.32 Å². The largest absolute Gasteiger partial charge is 0.416 e. The average molecular weight is 374 g/mol. The second kappa shape index (κ2) is 7.92. The van der Waals surface area contributed by atoms with Gasteiger partial charge in [-0.2, -0.15) is 13.2 Å². The third-order valence-corrected chi connectivity index (χ3v) is 3.32. The number of benzene rings is 3. The molecule has 0 heterocycles. The van der Waals surface area contributed by atoms with E-state index >= 15 is 0 Å². The van der Waals surface area contributed by atoms with Crippen LogP contribution in [0.2, 0.25) is 0 Å². The first kappa shape index (κ1) is 7.01. The van der Waals surface area contributed by atoms with Crippen LogP contribution in [0.1, 0.15) is 57.9 Å². The Kier molecular flexibility index (Phi) is 2.13. The van der Waals surface area contributed by atoms with Crippen molar-refractivity contribution in [2.45, 2.75) is 31.9 Å². The molecule has 3 rings (SSSR count). The zero-order chi connectivity index (χ0) is 32.4. The molecule has 4 heteroatoms. The summed E-state index contributed by atoms with van der Waals surface area (Å²) < 4.78 is 169. The lowest BCUT2D eigenvalue weighted by Crippen LogP contribution is -2.20. The minimum absolute atomic E-state index is 0.535. The molecule has 3 aromatic carbocycles. The van der Waals surface area contributed by atoms with Gasteiger partial charge in [-0.05, 0) is 54.1 Å². The van der Waals surface area contributed by atoms with Gasteiger partial charge in [-0.15, -0.1) is 0 Å². The monoisotopic (exact) mass is 373 g/mol. The molecule has 0 amide bonds. The van der Waals surface area contributed by atoms with Gasteiger partial charge in [0.25, 0.3) is 0 Å². The summed E-state index contributed by atoms with van der Waals surface area (Å²) in [7, 11) is 0. The van der Waals surface area contributed by atoms with E-state index in [0.29, 0.717) is 0 Å². The summed E-state index contributed by atoms with van der Waals surface area (Å²) in [5.74, 6) is 0. The topological polar surface area (TPSA) is 12.0 Å². The Morgan fingerprint density at radius 2 is 1.85 bits per heavy atom. The van der Waals surface area contributed by atoms with Crippen LogP contribution in [0.25, 0.3) is 10.8 Å². The van der Waals surface area contributed by atoms with E-state index in [9.17, 15) is 13.2 Å². The molecular weight excluding hydrogens is 335 g/mol. The lowest BCUT2D eigenvalue weighted by molar-refractivity contribution is -0.137. The standard InChI is InChI=1S/C22H22F3N/c1-16(20-13-5-10-18-9-2-3-12-21(18)20)26-14-6-8-17-7-4-11-19(15-17)22(23,24)25/h2-5,7,9-13,15-16,26H,6,8,14H2,1H3/t16-/m1/s1/i1D3,2D,3D,4D,5D,6D2,7D,9D,10D,11D,12D,13D,15D. The van der Waals surface area contributed by atoms with Crippen molar-refractivity contribution in [1.29, 1.82) is 0 Å². The fraction of sp³-hybridized carbons (Fsp3) is 0.273. The van der Waals surface area contributed by atoms with E-state index < -0.39 is 132 Å². The highest BCUT2D eigenvalue weighted by Crippen LogP contribution is 2.29. The van der Waals surface area contributed by atoms with Crippen LogP contribution in [0.3, 0.4) is 0 Å². The van der Waals surface area contributed by atoms with Crippen molar-refractivity contribution in [1.82, 2.24) is 5.32 Å². The number of nitrogens with one attached hydrogen (secondary N) is 1.